The average Bonchev–Trinajstić information content (AvgIpc) is 3.14. The molecular weight excluding hydrogens is 320 g/mol. The van der Waals surface area contributed by atoms with Gasteiger partial charge in [-0.1, -0.05) is 0 Å². The first kappa shape index (κ1) is 17.1. The van der Waals surface area contributed by atoms with E-state index >= 15 is 0 Å². The molecule has 0 aromatic rings. The number of rotatable bonds is 5. The van der Waals surface area contributed by atoms with E-state index < -0.39 is 10.0 Å². The van der Waals surface area contributed by atoms with Gasteiger partial charge in [-0.3, -0.25) is 4.79 Å². The Balaban J connectivity index is 1.46. The number of nitrogens with zero attached hydrogens (tertiary/aromatic N) is 2. The highest BCUT2D eigenvalue weighted by Gasteiger charge is 2.44. The van der Waals surface area contributed by atoms with Gasteiger partial charge in [0.1, 0.15) is 6.61 Å². The van der Waals surface area contributed by atoms with Crippen molar-refractivity contribution in [1.29, 1.82) is 0 Å². The summed E-state index contributed by atoms with van der Waals surface area (Å²) in [6.07, 6.45) is 4.92. The summed E-state index contributed by atoms with van der Waals surface area (Å²) in [7, 11) is -3.20. The second-order valence-corrected chi connectivity index (χ2v) is 8.73. The number of likely N-dealkylation sites (tertiary alicyclic amines) is 1. The van der Waals surface area contributed by atoms with Crippen molar-refractivity contribution in [3.8, 4) is 0 Å². The molecule has 0 radical (unpaired) electrons. The average molecular weight is 346 g/mol. The third-order valence-electron chi connectivity index (χ3n) is 5.05. The molecule has 132 valence electrons. The second kappa shape index (κ2) is 7.04. The van der Waals surface area contributed by atoms with Crippen molar-refractivity contribution in [3.05, 3.63) is 0 Å². The van der Waals surface area contributed by atoms with Gasteiger partial charge in [0.2, 0.25) is 15.9 Å². The molecule has 1 amide bonds. The number of fused-ring (bicyclic) bond motifs is 1. The summed E-state index contributed by atoms with van der Waals surface area (Å²) in [6, 6.07) is -0.0818. The smallest absolute Gasteiger partial charge is 0.248 e. The van der Waals surface area contributed by atoms with Crippen molar-refractivity contribution in [2.45, 2.75) is 37.8 Å². The quantitative estimate of drug-likeness (QED) is 0.704. The minimum Gasteiger partial charge on any atom is -0.375 e. The maximum Gasteiger partial charge on any atom is 0.248 e. The Kier molecular flexibility index (Phi) is 5.25. The first-order chi connectivity index (χ1) is 10.9. The van der Waals surface area contributed by atoms with Crippen LogP contribution in [0, 0.1) is 5.92 Å². The zero-order valence-electron chi connectivity index (χ0n) is 13.6. The van der Waals surface area contributed by atoms with Crippen LogP contribution in [0.5, 0.6) is 0 Å². The van der Waals surface area contributed by atoms with Crippen LogP contribution in [0.2, 0.25) is 0 Å². The van der Waals surface area contributed by atoms with E-state index in [2.05, 4.69) is 0 Å². The van der Waals surface area contributed by atoms with E-state index in [0.29, 0.717) is 19.8 Å². The van der Waals surface area contributed by atoms with E-state index in [1.807, 2.05) is 4.90 Å². The molecule has 0 bridgehead atoms. The molecule has 2 aliphatic heterocycles. The van der Waals surface area contributed by atoms with Crippen LogP contribution >= 0.6 is 0 Å². The minimum atomic E-state index is -3.20. The molecule has 1 saturated carbocycles. The Hall–Kier alpha value is -0.700. The Morgan fingerprint density at radius 1 is 1.22 bits per heavy atom. The zero-order chi connectivity index (χ0) is 16.4. The fourth-order valence-corrected chi connectivity index (χ4v) is 5.06. The lowest BCUT2D eigenvalue weighted by Crippen LogP contribution is -2.50. The van der Waals surface area contributed by atoms with Gasteiger partial charge in [-0.25, -0.2) is 8.42 Å². The van der Waals surface area contributed by atoms with Crippen molar-refractivity contribution in [2.24, 2.45) is 5.92 Å². The van der Waals surface area contributed by atoms with Crippen LogP contribution in [-0.2, 0) is 24.3 Å². The molecule has 0 N–H and O–H groups in total. The van der Waals surface area contributed by atoms with E-state index in [4.69, 9.17) is 9.47 Å². The van der Waals surface area contributed by atoms with E-state index in [-0.39, 0.29) is 30.6 Å². The van der Waals surface area contributed by atoms with Gasteiger partial charge in [0.05, 0.1) is 31.6 Å². The van der Waals surface area contributed by atoms with E-state index in [1.54, 1.807) is 4.31 Å². The van der Waals surface area contributed by atoms with Gasteiger partial charge in [-0.2, -0.15) is 4.31 Å². The zero-order valence-corrected chi connectivity index (χ0v) is 14.5. The van der Waals surface area contributed by atoms with Crippen molar-refractivity contribution in [3.63, 3.8) is 0 Å². The van der Waals surface area contributed by atoms with Crippen molar-refractivity contribution < 1.29 is 22.7 Å². The Morgan fingerprint density at radius 3 is 2.65 bits per heavy atom. The predicted octanol–water partition coefficient (Wildman–Crippen LogP) is 0.0644. The SMILES string of the molecule is CS(=O)(=O)N1CCOC2CC(COCC(=O)N3CCCC3)CC21. The molecule has 1 aliphatic carbocycles. The van der Waals surface area contributed by atoms with Gasteiger partial charge in [-0.15, -0.1) is 0 Å². The molecule has 0 aromatic heterocycles. The molecule has 0 aromatic carbocycles. The molecule has 3 unspecified atom stereocenters. The first-order valence-electron chi connectivity index (χ1n) is 8.39. The molecule has 2 heterocycles. The minimum absolute atomic E-state index is 0.0404. The number of sulfonamides is 1. The van der Waals surface area contributed by atoms with Crippen LogP contribution in [0.3, 0.4) is 0 Å². The lowest BCUT2D eigenvalue weighted by molar-refractivity contribution is -0.135. The van der Waals surface area contributed by atoms with Crippen LogP contribution in [0.1, 0.15) is 25.7 Å². The maximum absolute atomic E-state index is 11.9. The fourth-order valence-electron chi connectivity index (χ4n) is 3.94. The van der Waals surface area contributed by atoms with Gasteiger partial charge < -0.3 is 14.4 Å². The number of carbonyl (C=O) groups excluding carboxylic acids is 1. The van der Waals surface area contributed by atoms with Crippen LogP contribution in [-0.4, -0.2) is 81.4 Å². The third-order valence-corrected chi connectivity index (χ3v) is 6.35. The van der Waals surface area contributed by atoms with E-state index in [9.17, 15) is 13.2 Å². The highest BCUT2D eigenvalue weighted by atomic mass is 32.2. The predicted molar refractivity (Wildman–Crippen MR) is 84.4 cm³/mol. The topological polar surface area (TPSA) is 76.1 Å². The Labute approximate surface area is 138 Å². The second-order valence-electron chi connectivity index (χ2n) is 6.79. The summed E-state index contributed by atoms with van der Waals surface area (Å²) in [5.74, 6) is 0.311. The van der Waals surface area contributed by atoms with Gasteiger partial charge in [0, 0.05) is 19.6 Å². The molecule has 3 aliphatic rings. The van der Waals surface area contributed by atoms with Gasteiger partial charge in [-0.05, 0) is 31.6 Å². The summed E-state index contributed by atoms with van der Waals surface area (Å²) in [5.41, 5.74) is 0. The van der Waals surface area contributed by atoms with Crippen molar-refractivity contribution >= 4 is 15.9 Å². The number of ether oxygens (including phenoxy) is 2. The third kappa shape index (κ3) is 4.04. The van der Waals surface area contributed by atoms with Crippen LogP contribution in [0.15, 0.2) is 0 Å². The number of hydrogen-bond acceptors (Lipinski definition) is 5. The summed E-state index contributed by atoms with van der Waals surface area (Å²) in [4.78, 5) is 13.8. The summed E-state index contributed by atoms with van der Waals surface area (Å²) in [6.45, 7) is 3.19. The van der Waals surface area contributed by atoms with Gasteiger partial charge in [0.25, 0.3) is 0 Å². The largest absolute Gasteiger partial charge is 0.375 e. The number of hydrogen-bond donors (Lipinski definition) is 0. The molecule has 8 heteroatoms. The number of carbonyl (C=O) groups is 1. The van der Waals surface area contributed by atoms with E-state index in [1.165, 1.54) is 6.26 Å². The normalized spacial score (nSPS) is 32.2. The van der Waals surface area contributed by atoms with Gasteiger partial charge >= 0.3 is 0 Å². The Morgan fingerprint density at radius 2 is 1.96 bits per heavy atom. The summed E-state index contributed by atoms with van der Waals surface area (Å²) >= 11 is 0. The van der Waals surface area contributed by atoms with Gasteiger partial charge in [0.15, 0.2) is 0 Å². The highest BCUT2D eigenvalue weighted by Crippen LogP contribution is 2.35. The molecule has 23 heavy (non-hydrogen) atoms. The van der Waals surface area contributed by atoms with Crippen molar-refractivity contribution in [1.82, 2.24) is 9.21 Å². The molecule has 2 saturated heterocycles. The summed E-state index contributed by atoms with van der Waals surface area (Å²) < 4.78 is 36.6. The fraction of sp³-hybridized carbons (Fsp3) is 0.933. The lowest BCUT2D eigenvalue weighted by atomic mass is 10.1. The van der Waals surface area contributed by atoms with Crippen molar-refractivity contribution in [2.75, 3.05) is 45.7 Å². The standard InChI is InChI=1S/C15H26N2O5S/c1-23(19,20)17-6-7-22-14-9-12(8-13(14)17)10-21-11-15(18)16-4-2-3-5-16/h12-14H,2-11H2,1H3. The Bertz CT molecular complexity index is 532. The first-order valence-corrected chi connectivity index (χ1v) is 10.2. The molecular formula is C15H26N2O5S. The molecule has 3 fully saturated rings. The highest BCUT2D eigenvalue weighted by molar-refractivity contribution is 7.88. The summed E-state index contributed by atoms with van der Waals surface area (Å²) in [5, 5.41) is 0. The van der Waals surface area contributed by atoms with Crippen LogP contribution < -0.4 is 0 Å². The van der Waals surface area contributed by atoms with E-state index in [0.717, 1.165) is 38.8 Å². The molecule has 0 spiro atoms. The number of morpholine rings is 1. The molecule has 3 atom stereocenters. The van der Waals surface area contributed by atoms with Crippen LogP contribution in [0.4, 0.5) is 0 Å². The van der Waals surface area contributed by atoms with Crippen LogP contribution in [0.25, 0.3) is 0 Å². The molecule has 7 nitrogen and oxygen atoms in total. The lowest BCUT2D eigenvalue weighted by Gasteiger charge is -2.35. The number of amides is 1. The molecule has 3 rings (SSSR count). The maximum atomic E-state index is 11.9. The monoisotopic (exact) mass is 346 g/mol.